The molecule has 0 unspecified atom stereocenters. The molecule has 0 spiro atoms. The van der Waals surface area contributed by atoms with Crippen LogP contribution < -0.4 is 20.1 Å². The molecule has 25 heavy (non-hydrogen) atoms. The molecule has 2 aromatic carbocycles. The van der Waals surface area contributed by atoms with Gasteiger partial charge in [0.05, 0.1) is 6.54 Å². The van der Waals surface area contributed by atoms with Gasteiger partial charge in [-0.05, 0) is 48.6 Å². The summed E-state index contributed by atoms with van der Waals surface area (Å²) in [5.41, 5.74) is 2.32. The van der Waals surface area contributed by atoms with Crippen molar-refractivity contribution in [3.05, 3.63) is 53.6 Å². The van der Waals surface area contributed by atoms with Crippen LogP contribution in [-0.4, -0.2) is 25.6 Å². The third-order valence-electron chi connectivity index (χ3n) is 3.82. The van der Waals surface area contributed by atoms with Gasteiger partial charge in [0.25, 0.3) is 0 Å². The largest absolute Gasteiger partial charge is 0.454 e. The second kappa shape index (κ2) is 8.67. The molecule has 1 heterocycles. The maximum absolute atomic E-state index is 5.41. The van der Waals surface area contributed by atoms with Gasteiger partial charge in [0.15, 0.2) is 17.5 Å². The summed E-state index contributed by atoms with van der Waals surface area (Å²) in [5.74, 6) is 2.39. The molecule has 0 aromatic heterocycles. The van der Waals surface area contributed by atoms with E-state index >= 15 is 0 Å². The van der Waals surface area contributed by atoms with Crippen molar-refractivity contribution in [3.8, 4) is 11.5 Å². The van der Waals surface area contributed by atoms with E-state index in [1.54, 1.807) is 11.8 Å². The van der Waals surface area contributed by atoms with Gasteiger partial charge in [-0.15, -0.1) is 11.8 Å². The average molecular weight is 357 g/mol. The predicted molar refractivity (Wildman–Crippen MR) is 102 cm³/mol. The number of nitrogens with zero attached hydrogens (tertiary/aromatic N) is 1. The molecule has 1 aliphatic heterocycles. The molecule has 0 radical (unpaired) electrons. The molecule has 0 atom stereocenters. The van der Waals surface area contributed by atoms with Gasteiger partial charge in [-0.2, -0.15) is 0 Å². The summed E-state index contributed by atoms with van der Waals surface area (Å²) in [6.45, 7) is 4.49. The summed E-state index contributed by atoms with van der Waals surface area (Å²) >= 11 is 1.75. The number of guanidine groups is 1. The van der Waals surface area contributed by atoms with Crippen molar-refractivity contribution in [2.24, 2.45) is 4.99 Å². The van der Waals surface area contributed by atoms with Gasteiger partial charge >= 0.3 is 0 Å². The molecule has 0 fully saturated rings. The lowest BCUT2D eigenvalue weighted by Gasteiger charge is -2.12. The minimum absolute atomic E-state index is 0.293. The molecule has 6 heteroatoms. The van der Waals surface area contributed by atoms with Gasteiger partial charge < -0.3 is 20.1 Å². The van der Waals surface area contributed by atoms with Gasteiger partial charge in [0, 0.05) is 18.0 Å². The third-order valence-corrected chi connectivity index (χ3v) is 4.56. The first-order chi connectivity index (χ1) is 12.3. The first kappa shape index (κ1) is 17.5. The number of nitrogens with one attached hydrogen (secondary N) is 2. The normalized spacial score (nSPS) is 13.0. The molecular weight excluding hydrogens is 334 g/mol. The molecule has 0 bridgehead atoms. The van der Waals surface area contributed by atoms with Crippen molar-refractivity contribution in [2.45, 2.75) is 24.9 Å². The molecule has 2 aromatic rings. The highest BCUT2D eigenvalue weighted by atomic mass is 32.2. The van der Waals surface area contributed by atoms with Crippen LogP contribution in [0.2, 0.25) is 0 Å². The fraction of sp³-hybridized carbons (Fsp3) is 0.316. The van der Waals surface area contributed by atoms with Crippen LogP contribution in [0.1, 0.15) is 18.1 Å². The quantitative estimate of drug-likeness (QED) is 0.471. The Morgan fingerprint density at radius 2 is 1.80 bits per heavy atom. The van der Waals surface area contributed by atoms with Crippen LogP contribution in [0.5, 0.6) is 11.5 Å². The zero-order valence-electron chi connectivity index (χ0n) is 14.5. The Hall–Kier alpha value is -2.34. The van der Waals surface area contributed by atoms with E-state index in [-0.39, 0.29) is 0 Å². The number of ether oxygens (including phenoxy) is 2. The summed E-state index contributed by atoms with van der Waals surface area (Å²) in [6, 6.07) is 14.5. The smallest absolute Gasteiger partial charge is 0.231 e. The van der Waals surface area contributed by atoms with Gasteiger partial charge in [-0.25, -0.2) is 4.99 Å². The van der Waals surface area contributed by atoms with E-state index in [2.05, 4.69) is 53.1 Å². The SMILES string of the molecule is CCNC(=NCc1ccc2c(c1)OCO2)NCc1ccc(SC)cc1. The van der Waals surface area contributed by atoms with E-state index < -0.39 is 0 Å². The molecular formula is C19H23N3O2S. The van der Waals surface area contributed by atoms with Crippen LogP contribution in [0.3, 0.4) is 0 Å². The molecule has 3 rings (SSSR count). The molecule has 2 N–H and O–H groups in total. The minimum Gasteiger partial charge on any atom is -0.454 e. The number of benzene rings is 2. The van der Waals surface area contributed by atoms with E-state index in [1.165, 1.54) is 10.5 Å². The third kappa shape index (κ3) is 4.82. The van der Waals surface area contributed by atoms with Crippen LogP contribution in [0, 0.1) is 0 Å². The van der Waals surface area contributed by atoms with Crippen molar-refractivity contribution in [3.63, 3.8) is 0 Å². The molecule has 0 aliphatic carbocycles. The van der Waals surface area contributed by atoms with Crippen LogP contribution >= 0.6 is 11.8 Å². The predicted octanol–water partition coefficient (Wildman–Crippen LogP) is 3.39. The van der Waals surface area contributed by atoms with Gasteiger partial charge in [-0.3, -0.25) is 0 Å². The summed E-state index contributed by atoms with van der Waals surface area (Å²) in [6.07, 6.45) is 2.08. The minimum atomic E-state index is 0.293. The lowest BCUT2D eigenvalue weighted by molar-refractivity contribution is 0.174. The van der Waals surface area contributed by atoms with Crippen LogP contribution in [0.25, 0.3) is 0 Å². The van der Waals surface area contributed by atoms with Crippen LogP contribution in [0.4, 0.5) is 0 Å². The zero-order valence-corrected chi connectivity index (χ0v) is 15.4. The number of rotatable bonds is 6. The number of hydrogen-bond acceptors (Lipinski definition) is 4. The average Bonchev–Trinajstić information content (AvgIpc) is 3.12. The van der Waals surface area contributed by atoms with Crippen molar-refractivity contribution < 1.29 is 9.47 Å². The maximum Gasteiger partial charge on any atom is 0.231 e. The Labute approximate surface area is 152 Å². The summed E-state index contributed by atoms with van der Waals surface area (Å²) in [7, 11) is 0. The fourth-order valence-electron chi connectivity index (χ4n) is 2.48. The summed E-state index contributed by atoms with van der Waals surface area (Å²) < 4.78 is 10.8. The van der Waals surface area contributed by atoms with Crippen molar-refractivity contribution in [1.82, 2.24) is 10.6 Å². The van der Waals surface area contributed by atoms with E-state index in [0.29, 0.717) is 13.3 Å². The van der Waals surface area contributed by atoms with E-state index in [1.807, 2.05) is 18.2 Å². The molecule has 1 aliphatic rings. The van der Waals surface area contributed by atoms with Crippen molar-refractivity contribution >= 4 is 17.7 Å². The van der Waals surface area contributed by atoms with E-state index in [4.69, 9.17) is 9.47 Å². The number of hydrogen-bond donors (Lipinski definition) is 2. The first-order valence-corrected chi connectivity index (χ1v) is 9.54. The monoisotopic (exact) mass is 357 g/mol. The first-order valence-electron chi connectivity index (χ1n) is 8.32. The standard InChI is InChI=1S/C19H23N3O2S/c1-3-20-19(21-11-14-4-7-16(25-2)8-5-14)22-12-15-6-9-17-18(10-15)24-13-23-17/h4-10H,3,11-13H2,1-2H3,(H2,20,21,22). The lowest BCUT2D eigenvalue weighted by atomic mass is 10.2. The number of fused-ring (bicyclic) bond motifs is 1. The number of thioether (sulfide) groups is 1. The molecule has 0 amide bonds. The topological polar surface area (TPSA) is 54.9 Å². The van der Waals surface area contributed by atoms with Crippen molar-refractivity contribution in [2.75, 3.05) is 19.6 Å². The van der Waals surface area contributed by atoms with Crippen molar-refractivity contribution in [1.29, 1.82) is 0 Å². The number of aliphatic imine (C=N–C) groups is 1. The Morgan fingerprint density at radius 3 is 2.56 bits per heavy atom. The highest BCUT2D eigenvalue weighted by Crippen LogP contribution is 2.32. The Kier molecular flexibility index (Phi) is 6.06. The second-order valence-corrected chi connectivity index (χ2v) is 6.46. The molecule has 132 valence electrons. The Balaban J connectivity index is 1.60. The van der Waals surface area contributed by atoms with E-state index in [9.17, 15) is 0 Å². The Bertz CT molecular complexity index is 732. The summed E-state index contributed by atoms with van der Waals surface area (Å²) in [5, 5.41) is 6.65. The molecule has 5 nitrogen and oxygen atoms in total. The highest BCUT2D eigenvalue weighted by molar-refractivity contribution is 7.98. The zero-order chi connectivity index (χ0) is 17.5. The van der Waals surface area contributed by atoms with Crippen LogP contribution in [0.15, 0.2) is 52.4 Å². The van der Waals surface area contributed by atoms with Gasteiger partial charge in [0.1, 0.15) is 0 Å². The van der Waals surface area contributed by atoms with Gasteiger partial charge in [-0.1, -0.05) is 18.2 Å². The fourth-order valence-corrected chi connectivity index (χ4v) is 2.89. The Morgan fingerprint density at radius 1 is 1.04 bits per heavy atom. The maximum atomic E-state index is 5.41. The highest BCUT2D eigenvalue weighted by Gasteiger charge is 2.12. The van der Waals surface area contributed by atoms with E-state index in [0.717, 1.165) is 36.1 Å². The molecule has 0 saturated carbocycles. The van der Waals surface area contributed by atoms with Gasteiger partial charge in [0.2, 0.25) is 6.79 Å². The summed E-state index contributed by atoms with van der Waals surface area (Å²) in [4.78, 5) is 5.92. The lowest BCUT2D eigenvalue weighted by Crippen LogP contribution is -2.36. The van der Waals surface area contributed by atoms with Crippen LogP contribution in [-0.2, 0) is 13.1 Å². The molecule has 0 saturated heterocycles. The second-order valence-electron chi connectivity index (χ2n) is 5.58.